The number of nitrogens with one attached hydrogen (secondary N) is 7. The molecule has 0 heterocycles. The summed E-state index contributed by atoms with van der Waals surface area (Å²) in [7, 11) is -3.82. The number of unbranched alkanes of at least 4 members (excludes halogenated alkanes) is 1. The van der Waals surface area contributed by atoms with Crippen molar-refractivity contribution < 1.29 is 72.2 Å². The molecule has 2 atom stereocenters. The molecule has 27 heteroatoms. The van der Waals surface area contributed by atoms with E-state index in [1.807, 2.05) is 78.6 Å². The van der Waals surface area contributed by atoms with E-state index in [2.05, 4.69) is 53.9 Å². The van der Waals surface area contributed by atoms with Gasteiger partial charge in [0.25, 0.3) is 0 Å². The van der Waals surface area contributed by atoms with E-state index in [4.69, 9.17) is 20.6 Å². The van der Waals surface area contributed by atoms with E-state index < -0.39 is 94.0 Å². The molecule has 0 radical (unpaired) electrons. The van der Waals surface area contributed by atoms with E-state index in [0.29, 0.717) is 45.3 Å². The minimum absolute atomic E-state index is 0.0172. The summed E-state index contributed by atoms with van der Waals surface area (Å²) in [5.74, 6) is -5.31. The van der Waals surface area contributed by atoms with Crippen LogP contribution in [0.25, 0.3) is 0 Å². The predicted molar refractivity (Wildman–Crippen MR) is 323 cm³/mol. The van der Waals surface area contributed by atoms with Crippen LogP contribution >= 0.6 is 7.82 Å². The number of aliphatic carboxylic acids is 1. The van der Waals surface area contributed by atoms with Crippen LogP contribution in [0.1, 0.15) is 60.0 Å². The highest BCUT2D eigenvalue weighted by Crippen LogP contribution is 2.37. The van der Waals surface area contributed by atoms with Gasteiger partial charge in [-0.25, -0.2) is 4.57 Å². The second-order valence-corrected chi connectivity index (χ2v) is 20.4. The number of hydrogen-bond acceptors (Lipinski definition) is 15. The van der Waals surface area contributed by atoms with Gasteiger partial charge in [0.2, 0.25) is 47.8 Å². The Kier molecular flexibility index (Phi) is 34.3. The number of phosphoric ester groups is 1. The van der Waals surface area contributed by atoms with Crippen LogP contribution in [0.2, 0.25) is 0 Å². The first-order chi connectivity index (χ1) is 41.8. The van der Waals surface area contributed by atoms with Gasteiger partial charge in [-0.2, -0.15) is 0 Å². The van der Waals surface area contributed by atoms with Crippen LogP contribution in [0, 0.1) is 0 Å². The molecule has 0 aliphatic heterocycles. The van der Waals surface area contributed by atoms with Crippen molar-refractivity contribution in [2.24, 2.45) is 5.73 Å². The zero-order chi connectivity index (χ0) is 63.8. The molecule has 0 aliphatic rings. The molecule has 26 nitrogen and oxygen atoms in total. The fourth-order valence-corrected chi connectivity index (χ4v) is 8.49. The zero-order valence-electron chi connectivity index (χ0n) is 48.8. The SMILES string of the molecule is CCN(Cc1ccccc1)C(=O)CNCc1ccccc1.CO.NCCCCC(CNC(C(=O)O)c1ccc(OP(=O)(O)O)cc1)NC(=O)CNC(=O)CNC(=O)CNC(=O)CNC(=O)CN(Cc1ccccc1)C(=O)CN(C=O)Cc1ccccc1. The number of nitrogens with two attached hydrogens (primary N) is 1. The normalized spacial score (nSPS) is 11.2. The number of nitrogens with zero attached hydrogens (tertiary/aromatic N) is 3. The van der Waals surface area contributed by atoms with Crippen LogP contribution in [-0.2, 0) is 73.9 Å². The lowest BCUT2D eigenvalue weighted by molar-refractivity contribution is -0.140. The van der Waals surface area contributed by atoms with Crippen LogP contribution in [-0.4, -0.2) is 167 Å². The first-order valence-electron chi connectivity index (χ1n) is 27.8. The van der Waals surface area contributed by atoms with Gasteiger partial charge in [-0.05, 0) is 66.3 Å². The number of benzene rings is 5. The van der Waals surface area contributed by atoms with Crippen molar-refractivity contribution in [1.82, 2.24) is 51.9 Å². The summed E-state index contributed by atoms with van der Waals surface area (Å²) in [6.45, 7) is 2.25. The number of likely N-dealkylation sites (N-methyl/N-ethyl adjacent to an activating group) is 1. The third kappa shape index (κ3) is 31.2. The number of aliphatic hydroxyl groups excluding tert-OH is 1. The number of amides is 8. The lowest BCUT2D eigenvalue weighted by atomic mass is 10.0. The molecule has 470 valence electrons. The van der Waals surface area contributed by atoms with Crippen LogP contribution in [0.15, 0.2) is 146 Å². The Morgan fingerprint density at radius 3 is 1.49 bits per heavy atom. The highest BCUT2D eigenvalue weighted by Gasteiger charge is 2.24. The number of carbonyl (C=O) groups is 9. The quantitative estimate of drug-likeness (QED) is 0.0152. The largest absolute Gasteiger partial charge is 0.524 e. The van der Waals surface area contributed by atoms with Gasteiger partial charge in [-0.3, -0.25) is 58.3 Å². The Balaban J connectivity index is 0.000000715. The molecule has 0 bridgehead atoms. The fourth-order valence-electron chi connectivity index (χ4n) is 8.10. The molecular formula is C60H80N11O15P. The average molecular weight is 1230 g/mol. The van der Waals surface area contributed by atoms with Gasteiger partial charge in [0.1, 0.15) is 11.8 Å². The molecule has 0 saturated carbocycles. The molecule has 0 saturated heterocycles. The molecule has 5 aromatic rings. The number of carbonyl (C=O) groups excluding carboxylic acids is 8. The maximum Gasteiger partial charge on any atom is 0.524 e. The van der Waals surface area contributed by atoms with Gasteiger partial charge in [0, 0.05) is 52.4 Å². The lowest BCUT2D eigenvalue weighted by Crippen LogP contribution is -2.49. The van der Waals surface area contributed by atoms with E-state index in [0.717, 1.165) is 36.9 Å². The predicted octanol–water partition coefficient (Wildman–Crippen LogP) is 1.07. The number of aliphatic hydroxyl groups is 1. The van der Waals surface area contributed by atoms with Gasteiger partial charge >= 0.3 is 13.8 Å². The summed E-state index contributed by atoms with van der Waals surface area (Å²) in [4.78, 5) is 134. The van der Waals surface area contributed by atoms with E-state index >= 15 is 0 Å². The van der Waals surface area contributed by atoms with Gasteiger partial charge in [-0.15, -0.1) is 0 Å². The summed E-state index contributed by atoms with van der Waals surface area (Å²) >= 11 is 0. The van der Waals surface area contributed by atoms with Crippen molar-refractivity contribution in [3.8, 4) is 5.75 Å². The van der Waals surface area contributed by atoms with Crippen molar-refractivity contribution in [1.29, 1.82) is 0 Å². The van der Waals surface area contributed by atoms with E-state index in [1.165, 1.54) is 39.6 Å². The smallest absolute Gasteiger partial charge is 0.480 e. The summed E-state index contributed by atoms with van der Waals surface area (Å²) in [6.07, 6.45) is 2.16. The topological polar surface area (TPSA) is 381 Å². The molecule has 0 aromatic heterocycles. The third-order valence-electron chi connectivity index (χ3n) is 12.4. The number of carboxylic acids is 1. The Morgan fingerprint density at radius 1 is 0.575 bits per heavy atom. The van der Waals surface area contributed by atoms with Crippen LogP contribution < -0.4 is 47.5 Å². The number of carboxylic acid groups (broad SMARTS) is 1. The molecule has 0 spiro atoms. The molecule has 2 unspecified atom stereocenters. The van der Waals surface area contributed by atoms with Crippen molar-refractivity contribution in [3.63, 3.8) is 0 Å². The van der Waals surface area contributed by atoms with Crippen molar-refractivity contribution in [3.05, 3.63) is 173 Å². The molecular weight excluding hydrogens is 1150 g/mol. The Morgan fingerprint density at radius 2 is 1.03 bits per heavy atom. The monoisotopic (exact) mass is 1230 g/mol. The molecule has 87 heavy (non-hydrogen) atoms. The summed E-state index contributed by atoms with van der Waals surface area (Å²) in [6, 6.07) is 41.3. The molecule has 5 aromatic carbocycles. The standard InChI is InChI=1S/C41H54N9O13P.C18H22N2O.CH4O/c42-18-8-7-13-32(19-47-40(41(58)59)31-14-16-33(17-15-31)63-64(60,61)62)48-37(55)23-45-35(53)21-43-34(52)20-44-36(54)22-46-38(56)26-50(25-30-11-5-2-6-12-30)39(57)27-49(28-51)24-29-9-3-1-4-10-29;1-2-20(15-17-11-7-4-8-12-17)18(21)14-19-13-16-9-5-3-6-10-16;1-2/h1-6,9-12,14-17,28,32,40,47H,7-8,13,18-27,42H2,(H,43,52)(H,44,54)(H,45,53)(H,46,56)(H,48,55)(H,58,59)(H2,60,61,62);3-12,19H,2,13-15H2,1H3;2H,1H3. The maximum atomic E-state index is 13.3. The molecule has 8 amide bonds. The van der Waals surface area contributed by atoms with Gasteiger partial charge in [0.05, 0.1) is 45.8 Å². The van der Waals surface area contributed by atoms with Crippen molar-refractivity contribution in [2.45, 2.75) is 64.4 Å². The zero-order valence-corrected chi connectivity index (χ0v) is 49.6. The number of phosphoric acid groups is 1. The highest BCUT2D eigenvalue weighted by molar-refractivity contribution is 7.46. The molecule has 0 aliphatic carbocycles. The Labute approximate surface area is 505 Å². The summed E-state index contributed by atoms with van der Waals surface area (Å²) in [5, 5.41) is 34.9. The van der Waals surface area contributed by atoms with E-state index in [-0.39, 0.29) is 43.4 Å². The van der Waals surface area contributed by atoms with Crippen LogP contribution in [0.5, 0.6) is 5.75 Å². The minimum Gasteiger partial charge on any atom is -0.480 e. The third-order valence-corrected chi connectivity index (χ3v) is 12.9. The number of rotatable bonds is 36. The van der Waals surface area contributed by atoms with E-state index in [9.17, 15) is 52.8 Å². The van der Waals surface area contributed by atoms with Crippen LogP contribution in [0.3, 0.4) is 0 Å². The first kappa shape index (κ1) is 72.4. The average Bonchev–Trinajstić information content (AvgIpc) is 3.68. The molecule has 13 N–H and O–H groups in total. The second kappa shape index (κ2) is 41.2. The minimum atomic E-state index is -4.82. The highest BCUT2D eigenvalue weighted by atomic mass is 31.2. The Hall–Kier alpha value is -8.88. The summed E-state index contributed by atoms with van der Waals surface area (Å²) < 4.78 is 15.6. The molecule has 5 rings (SSSR count). The fraction of sp³-hybridized carbons (Fsp3) is 0.350. The Bertz CT molecular complexity index is 2930. The maximum absolute atomic E-state index is 13.3. The van der Waals surface area contributed by atoms with Gasteiger partial charge < -0.3 is 67.1 Å². The molecule has 0 fully saturated rings. The first-order valence-corrected chi connectivity index (χ1v) is 29.3. The lowest BCUT2D eigenvalue weighted by Gasteiger charge is -2.25. The van der Waals surface area contributed by atoms with Crippen molar-refractivity contribution in [2.75, 3.05) is 72.6 Å². The van der Waals surface area contributed by atoms with Gasteiger partial charge in [0.15, 0.2) is 0 Å². The van der Waals surface area contributed by atoms with Crippen LogP contribution in [0.4, 0.5) is 0 Å². The van der Waals surface area contributed by atoms with E-state index in [1.54, 1.807) is 42.5 Å². The van der Waals surface area contributed by atoms with Crippen molar-refractivity contribution >= 4 is 61.6 Å². The second-order valence-electron chi connectivity index (χ2n) is 19.2. The number of hydrogen-bond donors (Lipinski definition) is 12. The summed E-state index contributed by atoms with van der Waals surface area (Å²) in [5.41, 5.74) is 9.73. The van der Waals surface area contributed by atoms with Gasteiger partial charge in [-0.1, -0.05) is 140 Å².